The van der Waals surface area contributed by atoms with Crippen LogP contribution in [0.25, 0.3) is 11.7 Å². The van der Waals surface area contributed by atoms with Crippen LogP contribution >= 0.6 is 11.6 Å². The summed E-state index contributed by atoms with van der Waals surface area (Å²) in [5.74, 6) is 0.610. The molecule has 3 nitrogen and oxygen atoms in total. The Morgan fingerprint density at radius 2 is 2.15 bits per heavy atom. The van der Waals surface area contributed by atoms with Gasteiger partial charge in [0.15, 0.2) is 5.15 Å². The summed E-state index contributed by atoms with van der Waals surface area (Å²) < 4.78 is 2.03. The minimum Gasteiger partial charge on any atom is -0.327 e. The molecule has 3 rings (SSSR count). The number of nitrogens with zero attached hydrogens (tertiary/aromatic N) is 2. The molecule has 0 radical (unpaired) electrons. The van der Waals surface area contributed by atoms with Crippen molar-refractivity contribution in [2.45, 2.75) is 32.1 Å². The lowest BCUT2D eigenvalue weighted by atomic mass is 9.83. The van der Waals surface area contributed by atoms with E-state index in [-0.39, 0.29) is 0 Å². The second-order valence-corrected chi connectivity index (χ2v) is 5.83. The predicted octanol–water partition coefficient (Wildman–Crippen LogP) is 3.91. The van der Waals surface area contributed by atoms with E-state index in [1.807, 2.05) is 28.8 Å². The highest BCUT2D eigenvalue weighted by Gasteiger charge is 2.18. The monoisotopic (exact) mass is 289 g/mol. The fourth-order valence-electron chi connectivity index (χ4n) is 3.11. The first-order valence-electron chi connectivity index (χ1n) is 7.32. The largest absolute Gasteiger partial charge is 0.327 e. The number of aromatic nitrogens is 2. The summed E-state index contributed by atoms with van der Waals surface area (Å²) in [5.41, 5.74) is 9.11. The molecule has 4 heteroatoms. The summed E-state index contributed by atoms with van der Waals surface area (Å²) in [4.78, 5) is 4.39. The van der Waals surface area contributed by atoms with Gasteiger partial charge in [0.2, 0.25) is 0 Å². The molecule has 0 aliphatic heterocycles. The van der Waals surface area contributed by atoms with Gasteiger partial charge < -0.3 is 5.73 Å². The molecule has 0 saturated heterocycles. The molecule has 0 bridgehead atoms. The maximum atomic E-state index is 6.29. The molecule has 0 spiro atoms. The quantitative estimate of drug-likeness (QED) is 0.931. The summed E-state index contributed by atoms with van der Waals surface area (Å²) in [6, 6.07) is 5.92. The molecule has 2 aromatic heterocycles. The van der Waals surface area contributed by atoms with Crippen molar-refractivity contribution >= 4 is 23.3 Å². The van der Waals surface area contributed by atoms with Crippen molar-refractivity contribution < 1.29 is 0 Å². The second-order valence-electron chi connectivity index (χ2n) is 5.48. The van der Waals surface area contributed by atoms with Crippen molar-refractivity contribution in [1.82, 2.24) is 9.38 Å². The van der Waals surface area contributed by atoms with E-state index < -0.39 is 0 Å². The van der Waals surface area contributed by atoms with Gasteiger partial charge in [0.1, 0.15) is 5.65 Å². The summed E-state index contributed by atoms with van der Waals surface area (Å²) >= 11 is 6.29. The number of fused-ring (bicyclic) bond motifs is 1. The first kappa shape index (κ1) is 13.7. The lowest BCUT2D eigenvalue weighted by Crippen LogP contribution is -2.16. The fraction of sp³-hybridized carbons (Fsp3) is 0.438. The van der Waals surface area contributed by atoms with Crippen molar-refractivity contribution in [3.8, 4) is 0 Å². The minimum atomic E-state index is 0.554. The van der Waals surface area contributed by atoms with Gasteiger partial charge in [-0.1, -0.05) is 42.5 Å². The van der Waals surface area contributed by atoms with Gasteiger partial charge in [-0.2, -0.15) is 0 Å². The number of imidazole rings is 1. The van der Waals surface area contributed by atoms with Gasteiger partial charge in [0.05, 0.1) is 5.69 Å². The molecule has 106 valence electrons. The van der Waals surface area contributed by atoms with Crippen LogP contribution in [-0.2, 0) is 0 Å². The van der Waals surface area contributed by atoms with E-state index in [0.717, 1.165) is 11.3 Å². The number of hydrogen-bond acceptors (Lipinski definition) is 2. The van der Waals surface area contributed by atoms with Crippen LogP contribution in [-0.4, -0.2) is 15.9 Å². The van der Waals surface area contributed by atoms with Gasteiger partial charge in [-0.25, -0.2) is 4.98 Å². The highest BCUT2D eigenvalue weighted by Crippen LogP contribution is 2.31. The first-order valence-corrected chi connectivity index (χ1v) is 7.70. The van der Waals surface area contributed by atoms with Crippen molar-refractivity contribution in [2.24, 2.45) is 11.7 Å². The third-order valence-corrected chi connectivity index (χ3v) is 4.49. The van der Waals surface area contributed by atoms with Gasteiger partial charge in [-0.3, -0.25) is 4.40 Å². The Bertz CT molecular complexity index is 624. The van der Waals surface area contributed by atoms with Crippen LogP contribution in [0.2, 0.25) is 5.15 Å². The predicted molar refractivity (Wildman–Crippen MR) is 83.8 cm³/mol. The Hall–Kier alpha value is -1.32. The highest BCUT2D eigenvalue weighted by atomic mass is 35.5. The SMILES string of the molecule is NC/C(=C/c1c(Cl)nc2ccccn12)C1CCCCC1. The highest BCUT2D eigenvalue weighted by molar-refractivity contribution is 6.31. The Kier molecular flexibility index (Phi) is 4.08. The zero-order chi connectivity index (χ0) is 13.9. The number of hydrogen-bond donors (Lipinski definition) is 1. The summed E-state index contributed by atoms with van der Waals surface area (Å²) in [6.07, 6.45) is 10.6. The molecule has 2 aromatic rings. The maximum Gasteiger partial charge on any atom is 0.155 e. The van der Waals surface area contributed by atoms with Gasteiger partial charge in [0.25, 0.3) is 0 Å². The van der Waals surface area contributed by atoms with Gasteiger partial charge in [-0.05, 0) is 37.0 Å². The van der Waals surface area contributed by atoms with Gasteiger partial charge in [-0.15, -0.1) is 0 Å². The van der Waals surface area contributed by atoms with Crippen LogP contribution in [0.1, 0.15) is 37.8 Å². The van der Waals surface area contributed by atoms with Crippen molar-refractivity contribution in [2.75, 3.05) is 6.54 Å². The Balaban J connectivity index is 2.00. The van der Waals surface area contributed by atoms with E-state index in [0.29, 0.717) is 17.6 Å². The van der Waals surface area contributed by atoms with E-state index in [2.05, 4.69) is 11.1 Å². The topological polar surface area (TPSA) is 43.3 Å². The van der Waals surface area contributed by atoms with E-state index in [9.17, 15) is 0 Å². The third kappa shape index (κ3) is 2.60. The van der Waals surface area contributed by atoms with Crippen LogP contribution in [0, 0.1) is 5.92 Å². The molecule has 0 atom stereocenters. The van der Waals surface area contributed by atoms with Crippen LogP contribution in [0.3, 0.4) is 0 Å². The van der Waals surface area contributed by atoms with E-state index >= 15 is 0 Å². The lowest BCUT2D eigenvalue weighted by molar-refractivity contribution is 0.401. The molecule has 2 N–H and O–H groups in total. The van der Waals surface area contributed by atoms with Crippen LogP contribution < -0.4 is 5.73 Å². The minimum absolute atomic E-state index is 0.554. The second kappa shape index (κ2) is 5.98. The third-order valence-electron chi connectivity index (χ3n) is 4.21. The number of nitrogens with two attached hydrogens (primary N) is 1. The lowest BCUT2D eigenvalue weighted by Gasteiger charge is -2.23. The standard InChI is InChI=1S/C16H20ClN3/c17-16-14(20-9-5-4-8-15(20)19-16)10-13(11-18)12-6-2-1-3-7-12/h4-5,8-10,12H,1-3,6-7,11,18H2/b13-10-. The summed E-state index contributed by atoms with van der Waals surface area (Å²) in [6.45, 7) is 0.598. The number of rotatable bonds is 3. The molecule has 0 aromatic carbocycles. The van der Waals surface area contributed by atoms with Crippen LogP contribution in [0.15, 0.2) is 30.0 Å². The average Bonchev–Trinajstić information content (AvgIpc) is 2.81. The van der Waals surface area contributed by atoms with Crippen LogP contribution in [0.5, 0.6) is 0 Å². The first-order chi connectivity index (χ1) is 9.79. The summed E-state index contributed by atoms with van der Waals surface area (Å²) in [5, 5.41) is 0.554. The molecule has 0 unspecified atom stereocenters. The van der Waals surface area contributed by atoms with Crippen molar-refractivity contribution in [1.29, 1.82) is 0 Å². The molecule has 1 aliphatic rings. The zero-order valence-corrected chi connectivity index (χ0v) is 12.3. The van der Waals surface area contributed by atoms with E-state index in [1.165, 1.54) is 37.7 Å². The molecule has 20 heavy (non-hydrogen) atoms. The molecular weight excluding hydrogens is 270 g/mol. The van der Waals surface area contributed by atoms with Crippen molar-refractivity contribution in [3.05, 3.63) is 40.8 Å². The van der Waals surface area contributed by atoms with Crippen molar-refractivity contribution in [3.63, 3.8) is 0 Å². The molecule has 1 aliphatic carbocycles. The molecule has 1 fully saturated rings. The molecule has 2 heterocycles. The molecule has 0 amide bonds. The Labute approximate surface area is 124 Å². The Morgan fingerprint density at radius 1 is 1.35 bits per heavy atom. The van der Waals surface area contributed by atoms with E-state index in [4.69, 9.17) is 17.3 Å². The molecular formula is C16H20ClN3. The Morgan fingerprint density at radius 3 is 2.90 bits per heavy atom. The smallest absolute Gasteiger partial charge is 0.155 e. The number of pyridine rings is 1. The molecule has 1 saturated carbocycles. The van der Waals surface area contributed by atoms with Gasteiger partial charge in [0, 0.05) is 12.7 Å². The average molecular weight is 290 g/mol. The fourth-order valence-corrected chi connectivity index (χ4v) is 3.34. The normalized spacial score (nSPS) is 17.8. The summed E-state index contributed by atoms with van der Waals surface area (Å²) in [7, 11) is 0. The number of halogens is 1. The maximum absolute atomic E-state index is 6.29. The zero-order valence-electron chi connectivity index (χ0n) is 11.6. The van der Waals surface area contributed by atoms with Crippen LogP contribution in [0.4, 0.5) is 0 Å². The van der Waals surface area contributed by atoms with E-state index in [1.54, 1.807) is 0 Å². The van der Waals surface area contributed by atoms with Gasteiger partial charge >= 0.3 is 0 Å².